The molecule has 0 spiro atoms. The maximum atomic E-state index is 11.5. The zero-order valence-electron chi connectivity index (χ0n) is 14.4. The molecule has 0 aliphatic carbocycles. The van der Waals surface area contributed by atoms with Crippen LogP contribution in [0.2, 0.25) is 0 Å². The Hall–Kier alpha value is -2.76. The molecule has 0 unspecified atom stereocenters. The fourth-order valence-electron chi connectivity index (χ4n) is 3.19. The minimum Gasteiger partial charge on any atom is -0.478 e. The highest BCUT2D eigenvalue weighted by atomic mass is 16.4. The summed E-state index contributed by atoms with van der Waals surface area (Å²) < 4.78 is 0. The van der Waals surface area contributed by atoms with Gasteiger partial charge >= 0.3 is 5.97 Å². The predicted octanol–water partition coefficient (Wildman–Crippen LogP) is 2.88. The van der Waals surface area contributed by atoms with Gasteiger partial charge in [-0.25, -0.2) is 14.8 Å². The zero-order valence-corrected chi connectivity index (χ0v) is 14.4. The second-order valence-electron chi connectivity index (χ2n) is 6.42. The Bertz CT molecular complexity index is 811. The lowest BCUT2D eigenvalue weighted by atomic mass is 9.95. The third-order valence-corrected chi connectivity index (χ3v) is 4.58. The van der Waals surface area contributed by atoms with E-state index >= 15 is 0 Å². The molecule has 2 aromatic rings. The van der Waals surface area contributed by atoms with Crippen LogP contribution in [0, 0.1) is 6.92 Å². The number of aromatic nitrogens is 2. The molecular formula is C19H21N3O3. The first-order valence-corrected chi connectivity index (χ1v) is 8.39. The van der Waals surface area contributed by atoms with Crippen molar-refractivity contribution < 1.29 is 14.7 Å². The summed E-state index contributed by atoms with van der Waals surface area (Å²) in [7, 11) is 0. The fourth-order valence-corrected chi connectivity index (χ4v) is 3.19. The van der Waals surface area contributed by atoms with Crippen LogP contribution in [0.3, 0.4) is 0 Å². The number of carbonyl (C=O) groups excluding carboxylic acids is 1. The van der Waals surface area contributed by atoms with Gasteiger partial charge in [-0.15, -0.1) is 0 Å². The third kappa shape index (κ3) is 3.84. The molecule has 0 radical (unpaired) electrons. The van der Waals surface area contributed by atoms with Crippen LogP contribution in [0.15, 0.2) is 30.3 Å². The Morgan fingerprint density at radius 3 is 2.52 bits per heavy atom. The quantitative estimate of drug-likeness (QED) is 0.929. The molecule has 0 atom stereocenters. The number of carboxylic acids is 1. The second kappa shape index (κ2) is 7.01. The van der Waals surface area contributed by atoms with E-state index in [-0.39, 0.29) is 17.4 Å². The van der Waals surface area contributed by atoms with Gasteiger partial charge in [0.05, 0.1) is 11.3 Å². The molecule has 0 bridgehead atoms. The van der Waals surface area contributed by atoms with Crippen molar-refractivity contribution in [2.45, 2.75) is 32.6 Å². The SMILES string of the molecule is CC(=O)N1CCC(c2nc(C)cc(-c3cccc(C(=O)O)c3)n2)CC1. The maximum Gasteiger partial charge on any atom is 0.335 e. The molecule has 3 rings (SSSR count). The number of amides is 1. The molecule has 0 saturated carbocycles. The first-order valence-electron chi connectivity index (χ1n) is 8.39. The van der Waals surface area contributed by atoms with Crippen LogP contribution >= 0.6 is 0 Å². The normalized spacial score (nSPS) is 15.2. The molecule has 6 nitrogen and oxygen atoms in total. The fraction of sp³-hybridized carbons (Fsp3) is 0.368. The number of carbonyl (C=O) groups is 2. The van der Waals surface area contributed by atoms with E-state index in [9.17, 15) is 14.7 Å². The molecule has 2 heterocycles. The zero-order chi connectivity index (χ0) is 18.0. The summed E-state index contributed by atoms with van der Waals surface area (Å²) in [5, 5.41) is 9.17. The van der Waals surface area contributed by atoms with Crippen LogP contribution in [0.4, 0.5) is 0 Å². The van der Waals surface area contributed by atoms with E-state index in [0.29, 0.717) is 0 Å². The summed E-state index contributed by atoms with van der Waals surface area (Å²) in [4.78, 5) is 33.8. The Morgan fingerprint density at radius 2 is 1.88 bits per heavy atom. The Labute approximate surface area is 146 Å². The van der Waals surface area contributed by atoms with Crippen molar-refractivity contribution in [1.82, 2.24) is 14.9 Å². The van der Waals surface area contributed by atoms with Crippen LogP contribution < -0.4 is 0 Å². The van der Waals surface area contributed by atoms with Crippen molar-refractivity contribution in [3.8, 4) is 11.3 Å². The Kier molecular flexibility index (Phi) is 4.79. The highest BCUT2D eigenvalue weighted by Crippen LogP contribution is 2.28. The lowest BCUT2D eigenvalue weighted by molar-refractivity contribution is -0.129. The first kappa shape index (κ1) is 17.1. The molecule has 1 fully saturated rings. The average molecular weight is 339 g/mol. The van der Waals surface area contributed by atoms with Crippen LogP contribution in [0.25, 0.3) is 11.3 Å². The molecule has 1 aromatic carbocycles. The van der Waals surface area contributed by atoms with E-state index in [1.54, 1.807) is 25.1 Å². The number of aryl methyl sites for hydroxylation is 1. The Morgan fingerprint density at radius 1 is 1.16 bits per heavy atom. The van der Waals surface area contributed by atoms with Crippen LogP contribution in [0.1, 0.15) is 47.6 Å². The molecule has 25 heavy (non-hydrogen) atoms. The molecule has 1 amide bonds. The van der Waals surface area contributed by atoms with Gasteiger partial charge in [0.25, 0.3) is 0 Å². The number of aromatic carboxylic acids is 1. The predicted molar refractivity (Wildman–Crippen MR) is 93.4 cm³/mol. The molecular weight excluding hydrogens is 318 g/mol. The summed E-state index contributed by atoms with van der Waals surface area (Å²) in [6.45, 7) is 4.96. The number of hydrogen-bond donors (Lipinski definition) is 1. The van der Waals surface area contributed by atoms with Crippen molar-refractivity contribution in [1.29, 1.82) is 0 Å². The van der Waals surface area contributed by atoms with Crippen molar-refractivity contribution >= 4 is 11.9 Å². The van der Waals surface area contributed by atoms with Gasteiger partial charge in [0.15, 0.2) is 0 Å². The number of carboxylic acid groups (broad SMARTS) is 1. The highest BCUT2D eigenvalue weighted by Gasteiger charge is 2.24. The number of piperidine rings is 1. The van der Waals surface area contributed by atoms with E-state index in [2.05, 4.69) is 4.98 Å². The van der Waals surface area contributed by atoms with Crippen LogP contribution in [-0.4, -0.2) is 44.9 Å². The van der Waals surface area contributed by atoms with Gasteiger partial charge < -0.3 is 10.0 Å². The van der Waals surface area contributed by atoms with E-state index < -0.39 is 5.97 Å². The maximum absolute atomic E-state index is 11.5. The number of nitrogens with zero attached hydrogens (tertiary/aromatic N) is 3. The third-order valence-electron chi connectivity index (χ3n) is 4.58. The van der Waals surface area contributed by atoms with Gasteiger partial charge in [0.2, 0.25) is 5.91 Å². The summed E-state index contributed by atoms with van der Waals surface area (Å²) in [5.41, 5.74) is 2.60. The number of likely N-dealkylation sites (tertiary alicyclic amines) is 1. The first-order chi connectivity index (χ1) is 11.9. The summed E-state index contributed by atoms with van der Waals surface area (Å²) >= 11 is 0. The van der Waals surface area contributed by atoms with Gasteiger partial charge in [-0.2, -0.15) is 0 Å². The van der Waals surface area contributed by atoms with E-state index in [1.807, 2.05) is 24.0 Å². The van der Waals surface area contributed by atoms with Crippen molar-refractivity contribution in [2.75, 3.05) is 13.1 Å². The lowest BCUT2D eigenvalue weighted by Crippen LogP contribution is -2.36. The second-order valence-corrected chi connectivity index (χ2v) is 6.42. The van der Waals surface area contributed by atoms with Gasteiger partial charge in [0.1, 0.15) is 5.82 Å². The molecule has 6 heteroatoms. The minimum absolute atomic E-state index is 0.106. The standard InChI is InChI=1S/C19H21N3O3/c1-12-10-17(15-4-3-5-16(11-15)19(24)25)21-18(20-12)14-6-8-22(9-7-14)13(2)23/h3-5,10-11,14H,6-9H2,1-2H3,(H,24,25). The van der Waals surface area contributed by atoms with Gasteiger partial charge in [-0.05, 0) is 38.0 Å². The molecule has 1 aliphatic heterocycles. The summed E-state index contributed by atoms with van der Waals surface area (Å²) in [6.07, 6.45) is 1.69. The van der Waals surface area contributed by atoms with Gasteiger partial charge in [-0.3, -0.25) is 4.79 Å². The van der Waals surface area contributed by atoms with Crippen molar-refractivity contribution in [3.63, 3.8) is 0 Å². The Balaban J connectivity index is 1.88. The molecule has 1 aromatic heterocycles. The van der Waals surface area contributed by atoms with Gasteiger partial charge in [-0.1, -0.05) is 12.1 Å². The average Bonchev–Trinajstić information content (AvgIpc) is 2.61. The molecule has 1 N–H and O–H groups in total. The van der Waals surface area contributed by atoms with Crippen molar-refractivity contribution in [2.24, 2.45) is 0 Å². The minimum atomic E-state index is -0.954. The topological polar surface area (TPSA) is 83.4 Å². The van der Waals surface area contributed by atoms with E-state index in [1.165, 1.54) is 0 Å². The summed E-state index contributed by atoms with van der Waals surface area (Å²) in [6, 6.07) is 8.65. The number of rotatable bonds is 3. The monoisotopic (exact) mass is 339 g/mol. The highest BCUT2D eigenvalue weighted by molar-refractivity contribution is 5.89. The molecule has 1 aliphatic rings. The van der Waals surface area contributed by atoms with E-state index in [0.717, 1.165) is 48.7 Å². The number of benzene rings is 1. The van der Waals surface area contributed by atoms with Crippen LogP contribution in [0.5, 0.6) is 0 Å². The summed E-state index contributed by atoms with van der Waals surface area (Å²) in [5.74, 6) is 0.148. The molecule has 130 valence electrons. The van der Waals surface area contributed by atoms with Gasteiger partial charge in [0, 0.05) is 37.2 Å². The largest absolute Gasteiger partial charge is 0.478 e. The number of hydrogen-bond acceptors (Lipinski definition) is 4. The van der Waals surface area contributed by atoms with Crippen LogP contribution in [-0.2, 0) is 4.79 Å². The van der Waals surface area contributed by atoms with E-state index in [4.69, 9.17) is 4.98 Å². The lowest BCUT2D eigenvalue weighted by Gasteiger charge is -2.30. The smallest absolute Gasteiger partial charge is 0.335 e. The van der Waals surface area contributed by atoms with Crippen molar-refractivity contribution in [3.05, 3.63) is 47.4 Å². The molecule has 1 saturated heterocycles.